The summed E-state index contributed by atoms with van der Waals surface area (Å²) in [5.74, 6) is 0.616. The van der Waals surface area contributed by atoms with Crippen LogP contribution in [0.25, 0.3) is 0 Å². The van der Waals surface area contributed by atoms with E-state index in [1.807, 2.05) is 75.3 Å². The fraction of sp³-hybridized carbons (Fsp3) is 0.278. The SMILES string of the molecule is CC(C)Oc1ccccc1C(=O)c1ccc(N(C)C)cc1. The number of hydrogen-bond acceptors (Lipinski definition) is 3. The third-order valence-electron chi connectivity index (χ3n) is 3.14. The van der Waals surface area contributed by atoms with E-state index < -0.39 is 0 Å². The van der Waals surface area contributed by atoms with Gasteiger partial charge < -0.3 is 9.64 Å². The molecule has 0 unspecified atom stereocenters. The lowest BCUT2D eigenvalue weighted by molar-refractivity contribution is 0.103. The molecule has 110 valence electrons. The second-order valence-corrected chi connectivity index (χ2v) is 5.43. The van der Waals surface area contributed by atoms with Crippen molar-refractivity contribution in [1.82, 2.24) is 0 Å². The van der Waals surface area contributed by atoms with E-state index in [0.29, 0.717) is 16.9 Å². The first kappa shape index (κ1) is 15.1. The molecule has 3 heteroatoms. The molecule has 0 amide bonds. The zero-order chi connectivity index (χ0) is 15.4. The molecule has 3 nitrogen and oxygen atoms in total. The van der Waals surface area contributed by atoms with Crippen LogP contribution in [-0.2, 0) is 0 Å². The molecule has 0 saturated heterocycles. The molecule has 2 aromatic carbocycles. The molecule has 0 N–H and O–H groups in total. The summed E-state index contributed by atoms with van der Waals surface area (Å²) in [6, 6.07) is 15.0. The Morgan fingerprint density at radius 1 is 1.00 bits per heavy atom. The second kappa shape index (κ2) is 6.44. The van der Waals surface area contributed by atoms with Gasteiger partial charge in [0.2, 0.25) is 0 Å². The summed E-state index contributed by atoms with van der Waals surface area (Å²) < 4.78 is 5.72. The molecule has 0 aliphatic rings. The average Bonchev–Trinajstić information content (AvgIpc) is 2.46. The topological polar surface area (TPSA) is 29.5 Å². The molecule has 0 heterocycles. The van der Waals surface area contributed by atoms with Crippen molar-refractivity contribution in [2.45, 2.75) is 20.0 Å². The Bertz CT molecular complexity index is 615. The van der Waals surface area contributed by atoms with Crippen molar-refractivity contribution in [3.05, 3.63) is 59.7 Å². The van der Waals surface area contributed by atoms with Crippen molar-refractivity contribution >= 4 is 11.5 Å². The Hall–Kier alpha value is -2.29. The van der Waals surface area contributed by atoms with Gasteiger partial charge in [-0.25, -0.2) is 0 Å². The smallest absolute Gasteiger partial charge is 0.196 e. The van der Waals surface area contributed by atoms with Crippen LogP contribution < -0.4 is 9.64 Å². The van der Waals surface area contributed by atoms with Crippen LogP contribution in [-0.4, -0.2) is 26.0 Å². The minimum atomic E-state index is -0.0171. The highest BCUT2D eigenvalue weighted by molar-refractivity contribution is 6.10. The van der Waals surface area contributed by atoms with Gasteiger partial charge in [0.05, 0.1) is 11.7 Å². The highest BCUT2D eigenvalue weighted by Gasteiger charge is 2.15. The summed E-state index contributed by atoms with van der Waals surface area (Å²) in [7, 11) is 3.95. The molecule has 2 aromatic rings. The second-order valence-electron chi connectivity index (χ2n) is 5.43. The molecule has 0 saturated carbocycles. The van der Waals surface area contributed by atoms with Crippen LogP contribution in [0.4, 0.5) is 5.69 Å². The van der Waals surface area contributed by atoms with Crippen LogP contribution in [0.3, 0.4) is 0 Å². The Balaban J connectivity index is 2.31. The predicted molar refractivity (Wildman–Crippen MR) is 86.4 cm³/mol. The molecule has 0 aliphatic heterocycles. The maximum atomic E-state index is 12.6. The Morgan fingerprint density at radius 2 is 1.62 bits per heavy atom. The first-order valence-corrected chi connectivity index (χ1v) is 7.07. The van der Waals surface area contributed by atoms with E-state index in [4.69, 9.17) is 4.74 Å². The van der Waals surface area contributed by atoms with E-state index in [2.05, 4.69) is 0 Å². The molecule has 0 fully saturated rings. The Morgan fingerprint density at radius 3 is 2.19 bits per heavy atom. The lowest BCUT2D eigenvalue weighted by Crippen LogP contribution is -2.11. The molecule has 0 radical (unpaired) electrons. The van der Waals surface area contributed by atoms with Gasteiger partial charge >= 0.3 is 0 Å². The van der Waals surface area contributed by atoms with Gasteiger partial charge in [-0.3, -0.25) is 4.79 Å². The molecular formula is C18H21NO2. The van der Waals surface area contributed by atoms with Crippen molar-refractivity contribution in [3.8, 4) is 5.75 Å². The van der Waals surface area contributed by atoms with E-state index in [1.165, 1.54) is 0 Å². The summed E-state index contributed by atoms with van der Waals surface area (Å²) in [6.07, 6.45) is 0.0371. The van der Waals surface area contributed by atoms with Crippen LogP contribution in [0, 0.1) is 0 Å². The number of para-hydroxylation sites is 1. The first-order valence-electron chi connectivity index (χ1n) is 7.07. The molecule has 0 spiro atoms. The lowest BCUT2D eigenvalue weighted by Gasteiger charge is -2.14. The quantitative estimate of drug-likeness (QED) is 0.782. The molecule has 2 rings (SSSR count). The highest BCUT2D eigenvalue weighted by Crippen LogP contribution is 2.23. The van der Waals surface area contributed by atoms with E-state index >= 15 is 0 Å². The molecule has 0 aliphatic carbocycles. The van der Waals surface area contributed by atoms with Crippen LogP contribution in [0.5, 0.6) is 5.75 Å². The predicted octanol–water partition coefficient (Wildman–Crippen LogP) is 3.77. The zero-order valence-corrected chi connectivity index (χ0v) is 13.0. The summed E-state index contributed by atoms with van der Waals surface area (Å²) in [4.78, 5) is 14.6. The average molecular weight is 283 g/mol. The van der Waals surface area contributed by atoms with Crippen LogP contribution >= 0.6 is 0 Å². The molecular weight excluding hydrogens is 262 g/mol. The number of nitrogens with zero attached hydrogens (tertiary/aromatic N) is 1. The van der Waals surface area contributed by atoms with Crippen molar-refractivity contribution in [2.24, 2.45) is 0 Å². The molecule has 0 aromatic heterocycles. The molecule has 0 bridgehead atoms. The van der Waals surface area contributed by atoms with Gasteiger partial charge in [0.15, 0.2) is 5.78 Å². The van der Waals surface area contributed by atoms with Gasteiger partial charge in [0.25, 0.3) is 0 Å². The van der Waals surface area contributed by atoms with Gasteiger partial charge in [-0.1, -0.05) is 12.1 Å². The number of rotatable bonds is 5. The number of carbonyl (C=O) groups excluding carboxylic acids is 1. The Labute approximate surface area is 126 Å². The monoisotopic (exact) mass is 283 g/mol. The number of carbonyl (C=O) groups is 1. The third kappa shape index (κ3) is 3.63. The molecule has 0 atom stereocenters. The van der Waals surface area contributed by atoms with E-state index in [-0.39, 0.29) is 11.9 Å². The standard InChI is InChI=1S/C18H21NO2/c1-13(2)21-17-8-6-5-7-16(17)18(20)14-9-11-15(12-10-14)19(3)4/h5-13H,1-4H3. The van der Waals surface area contributed by atoms with E-state index in [9.17, 15) is 4.79 Å². The van der Waals surface area contributed by atoms with Gasteiger partial charge in [0, 0.05) is 25.3 Å². The maximum Gasteiger partial charge on any atom is 0.196 e. The number of hydrogen-bond donors (Lipinski definition) is 0. The number of benzene rings is 2. The minimum Gasteiger partial charge on any atom is -0.490 e. The normalized spacial score (nSPS) is 10.5. The molecule has 21 heavy (non-hydrogen) atoms. The lowest BCUT2D eigenvalue weighted by atomic mass is 10.0. The number of anilines is 1. The Kier molecular flexibility index (Phi) is 4.63. The van der Waals surface area contributed by atoms with E-state index in [1.54, 1.807) is 6.07 Å². The summed E-state index contributed by atoms with van der Waals surface area (Å²) in [6.45, 7) is 3.90. The van der Waals surface area contributed by atoms with Crippen LogP contribution in [0.2, 0.25) is 0 Å². The zero-order valence-electron chi connectivity index (χ0n) is 13.0. The van der Waals surface area contributed by atoms with Gasteiger partial charge in [0.1, 0.15) is 5.75 Å². The fourth-order valence-electron chi connectivity index (χ4n) is 2.08. The van der Waals surface area contributed by atoms with Crippen LogP contribution in [0.1, 0.15) is 29.8 Å². The van der Waals surface area contributed by atoms with Crippen molar-refractivity contribution in [3.63, 3.8) is 0 Å². The highest BCUT2D eigenvalue weighted by atomic mass is 16.5. The van der Waals surface area contributed by atoms with E-state index in [0.717, 1.165) is 5.69 Å². The largest absolute Gasteiger partial charge is 0.490 e. The number of ether oxygens (including phenoxy) is 1. The van der Waals surface area contributed by atoms with Crippen molar-refractivity contribution in [1.29, 1.82) is 0 Å². The fourth-order valence-corrected chi connectivity index (χ4v) is 2.08. The minimum absolute atomic E-state index is 0.0171. The maximum absolute atomic E-state index is 12.6. The van der Waals surface area contributed by atoms with Crippen molar-refractivity contribution in [2.75, 3.05) is 19.0 Å². The van der Waals surface area contributed by atoms with Gasteiger partial charge in [-0.2, -0.15) is 0 Å². The van der Waals surface area contributed by atoms with Gasteiger partial charge in [-0.05, 0) is 50.2 Å². The summed E-state index contributed by atoms with van der Waals surface area (Å²) >= 11 is 0. The summed E-state index contributed by atoms with van der Waals surface area (Å²) in [5.41, 5.74) is 2.34. The summed E-state index contributed by atoms with van der Waals surface area (Å²) in [5, 5.41) is 0. The van der Waals surface area contributed by atoms with Crippen molar-refractivity contribution < 1.29 is 9.53 Å². The third-order valence-corrected chi connectivity index (χ3v) is 3.14. The number of ketones is 1. The van der Waals surface area contributed by atoms with Gasteiger partial charge in [-0.15, -0.1) is 0 Å². The van der Waals surface area contributed by atoms with Crippen LogP contribution in [0.15, 0.2) is 48.5 Å². The first-order chi connectivity index (χ1) is 9.99.